The lowest BCUT2D eigenvalue weighted by Gasteiger charge is -2.18. The van der Waals surface area contributed by atoms with Crippen LogP contribution in [-0.2, 0) is 0 Å². The summed E-state index contributed by atoms with van der Waals surface area (Å²) >= 11 is 5.01. The van der Waals surface area contributed by atoms with Crippen molar-refractivity contribution in [1.29, 1.82) is 0 Å². The van der Waals surface area contributed by atoms with E-state index < -0.39 is 0 Å². The SMILES string of the molecule is COc1ccc(C(=O)NC(C(N)=S)C2CC2)c(OC)c1. The Kier molecular flexibility index (Phi) is 4.44. The zero-order chi connectivity index (χ0) is 14.7. The molecule has 5 nitrogen and oxygen atoms in total. The lowest BCUT2D eigenvalue weighted by Crippen LogP contribution is -2.45. The summed E-state index contributed by atoms with van der Waals surface area (Å²) in [5.41, 5.74) is 6.13. The van der Waals surface area contributed by atoms with Crippen molar-refractivity contribution in [2.45, 2.75) is 18.9 Å². The topological polar surface area (TPSA) is 73.6 Å². The fraction of sp³-hybridized carbons (Fsp3) is 0.429. The number of benzene rings is 1. The molecule has 0 aliphatic heterocycles. The molecule has 1 aromatic carbocycles. The van der Waals surface area contributed by atoms with Gasteiger partial charge in [0.1, 0.15) is 11.5 Å². The van der Waals surface area contributed by atoms with Crippen molar-refractivity contribution >= 4 is 23.1 Å². The molecule has 1 aromatic rings. The first kappa shape index (κ1) is 14.6. The number of rotatable bonds is 6. The second-order valence-electron chi connectivity index (χ2n) is 4.76. The maximum Gasteiger partial charge on any atom is 0.255 e. The van der Waals surface area contributed by atoms with Gasteiger partial charge in [0.2, 0.25) is 0 Å². The van der Waals surface area contributed by atoms with Crippen molar-refractivity contribution in [1.82, 2.24) is 5.32 Å². The highest BCUT2D eigenvalue weighted by Crippen LogP contribution is 2.33. The van der Waals surface area contributed by atoms with E-state index in [1.54, 1.807) is 25.3 Å². The van der Waals surface area contributed by atoms with E-state index in [-0.39, 0.29) is 11.9 Å². The van der Waals surface area contributed by atoms with Crippen molar-refractivity contribution in [3.63, 3.8) is 0 Å². The molecule has 0 spiro atoms. The molecule has 1 amide bonds. The van der Waals surface area contributed by atoms with Crippen LogP contribution in [0.4, 0.5) is 0 Å². The number of nitrogens with one attached hydrogen (secondary N) is 1. The predicted octanol–water partition coefficient (Wildman–Crippen LogP) is 1.50. The Balaban J connectivity index is 2.17. The van der Waals surface area contributed by atoms with Crippen LogP contribution in [0, 0.1) is 5.92 Å². The highest BCUT2D eigenvalue weighted by molar-refractivity contribution is 7.80. The number of amides is 1. The molecule has 20 heavy (non-hydrogen) atoms. The molecular weight excluding hydrogens is 276 g/mol. The van der Waals surface area contributed by atoms with Crippen LogP contribution in [-0.4, -0.2) is 31.2 Å². The Morgan fingerprint density at radius 1 is 1.40 bits per heavy atom. The summed E-state index contributed by atoms with van der Waals surface area (Å²) in [5.74, 6) is 1.21. The molecule has 0 bridgehead atoms. The Morgan fingerprint density at radius 3 is 2.60 bits per heavy atom. The second kappa shape index (κ2) is 6.09. The molecule has 0 saturated heterocycles. The van der Waals surface area contributed by atoms with Gasteiger partial charge in [0.15, 0.2) is 0 Å². The van der Waals surface area contributed by atoms with Gasteiger partial charge in [-0.1, -0.05) is 12.2 Å². The first-order valence-corrected chi connectivity index (χ1v) is 6.80. The maximum atomic E-state index is 12.3. The van der Waals surface area contributed by atoms with E-state index in [1.807, 2.05) is 0 Å². The van der Waals surface area contributed by atoms with Gasteiger partial charge in [-0.2, -0.15) is 0 Å². The van der Waals surface area contributed by atoms with Gasteiger partial charge in [-0.3, -0.25) is 4.79 Å². The van der Waals surface area contributed by atoms with Gasteiger partial charge >= 0.3 is 0 Å². The highest BCUT2D eigenvalue weighted by Gasteiger charge is 2.34. The van der Waals surface area contributed by atoms with Gasteiger partial charge in [0, 0.05) is 6.07 Å². The molecule has 1 aliphatic rings. The minimum atomic E-state index is -0.246. The second-order valence-corrected chi connectivity index (χ2v) is 5.23. The first-order valence-electron chi connectivity index (χ1n) is 6.39. The zero-order valence-corrected chi connectivity index (χ0v) is 12.3. The summed E-state index contributed by atoms with van der Waals surface area (Å²) in [5, 5.41) is 2.88. The maximum absolute atomic E-state index is 12.3. The van der Waals surface area contributed by atoms with Crippen molar-refractivity contribution in [2.75, 3.05) is 14.2 Å². The zero-order valence-electron chi connectivity index (χ0n) is 11.5. The van der Waals surface area contributed by atoms with Crippen molar-refractivity contribution in [3.05, 3.63) is 23.8 Å². The smallest absolute Gasteiger partial charge is 0.255 e. The van der Waals surface area contributed by atoms with Gasteiger partial charge in [-0.15, -0.1) is 0 Å². The standard InChI is InChI=1S/C14H18N2O3S/c1-18-9-5-6-10(11(7-9)19-2)14(17)16-12(13(15)20)8-3-4-8/h5-8,12H,3-4H2,1-2H3,(H2,15,20)(H,16,17). The molecule has 1 fully saturated rings. The Labute approximate surface area is 123 Å². The van der Waals surface area contributed by atoms with Crippen molar-refractivity contribution in [3.8, 4) is 11.5 Å². The number of nitrogens with two attached hydrogens (primary N) is 1. The molecule has 108 valence electrons. The number of ether oxygens (including phenoxy) is 2. The van der Waals surface area contributed by atoms with E-state index >= 15 is 0 Å². The minimum Gasteiger partial charge on any atom is -0.497 e. The quantitative estimate of drug-likeness (QED) is 0.778. The third-order valence-electron chi connectivity index (χ3n) is 3.34. The summed E-state index contributed by atoms with van der Waals surface area (Å²) in [4.78, 5) is 12.7. The van der Waals surface area contributed by atoms with E-state index in [2.05, 4.69) is 5.32 Å². The van der Waals surface area contributed by atoms with Crippen LogP contribution >= 0.6 is 12.2 Å². The van der Waals surface area contributed by atoms with Crippen LogP contribution in [0.5, 0.6) is 11.5 Å². The Hall–Kier alpha value is -1.82. The fourth-order valence-corrected chi connectivity index (χ4v) is 2.31. The fourth-order valence-electron chi connectivity index (χ4n) is 2.06. The molecule has 3 N–H and O–H groups in total. The van der Waals surface area contributed by atoms with E-state index in [4.69, 9.17) is 27.4 Å². The molecule has 0 aromatic heterocycles. The highest BCUT2D eigenvalue weighted by atomic mass is 32.1. The number of methoxy groups -OCH3 is 2. The van der Waals surface area contributed by atoms with Gasteiger partial charge in [-0.05, 0) is 30.9 Å². The van der Waals surface area contributed by atoms with Crippen molar-refractivity contribution in [2.24, 2.45) is 11.7 Å². The normalized spacial score (nSPS) is 15.3. The Bertz CT molecular complexity index is 529. The number of hydrogen-bond donors (Lipinski definition) is 2. The van der Waals surface area contributed by atoms with E-state index in [0.717, 1.165) is 12.8 Å². The summed E-state index contributed by atoms with van der Waals surface area (Å²) in [7, 11) is 3.07. The predicted molar refractivity (Wildman–Crippen MR) is 80.3 cm³/mol. The summed E-state index contributed by atoms with van der Waals surface area (Å²) in [6, 6.07) is 4.80. The van der Waals surface area contributed by atoms with Crippen LogP contribution < -0.4 is 20.5 Å². The number of carbonyl (C=O) groups is 1. The van der Waals surface area contributed by atoms with Crippen LogP contribution in [0.15, 0.2) is 18.2 Å². The number of carbonyl (C=O) groups excluding carboxylic acids is 1. The van der Waals surface area contributed by atoms with E-state index in [1.165, 1.54) is 7.11 Å². The molecule has 1 saturated carbocycles. The summed E-state index contributed by atoms with van der Waals surface area (Å²) < 4.78 is 10.3. The summed E-state index contributed by atoms with van der Waals surface area (Å²) in [6.07, 6.45) is 2.09. The Morgan fingerprint density at radius 2 is 2.10 bits per heavy atom. The molecule has 6 heteroatoms. The van der Waals surface area contributed by atoms with Crippen LogP contribution in [0.25, 0.3) is 0 Å². The molecule has 0 radical (unpaired) electrons. The number of thiocarbonyl (C=S) groups is 1. The average molecular weight is 294 g/mol. The molecule has 0 heterocycles. The first-order chi connectivity index (χ1) is 9.56. The molecule has 1 atom stereocenters. The van der Waals surface area contributed by atoms with Gasteiger partial charge in [0.25, 0.3) is 5.91 Å². The van der Waals surface area contributed by atoms with E-state index in [0.29, 0.717) is 28.0 Å². The molecule has 1 unspecified atom stereocenters. The van der Waals surface area contributed by atoms with Crippen LogP contribution in [0.1, 0.15) is 23.2 Å². The molecule has 1 aliphatic carbocycles. The van der Waals surface area contributed by atoms with Crippen LogP contribution in [0.3, 0.4) is 0 Å². The third-order valence-corrected chi connectivity index (χ3v) is 3.59. The summed E-state index contributed by atoms with van der Waals surface area (Å²) in [6.45, 7) is 0. The van der Waals surface area contributed by atoms with Gasteiger partial charge < -0.3 is 20.5 Å². The average Bonchev–Trinajstić information content (AvgIpc) is 3.27. The monoisotopic (exact) mass is 294 g/mol. The minimum absolute atomic E-state index is 0.241. The molecular formula is C14H18N2O3S. The molecule has 2 rings (SSSR count). The van der Waals surface area contributed by atoms with Gasteiger partial charge in [0.05, 0.1) is 30.8 Å². The lowest BCUT2D eigenvalue weighted by molar-refractivity contribution is 0.0940. The van der Waals surface area contributed by atoms with Gasteiger partial charge in [-0.25, -0.2) is 0 Å². The van der Waals surface area contributed by atoms with Crippen LogP contribution in [0.2, 0.25) is 0 Å². The van der Waals surface area contributed by atoms with E-state index in [9.17, 15) is 4.79 Å². The number of hydrogen-bond acceptors (Lipinski definition) is 4. The third kappa shape index (κ3) is 3.19. The van der Waals surface area contributed by atoms with Crippen molar-refractivity contribution < 1.29 is 14.3 Å². The lowest BCUT2D eigenvalue weighted by atomic mass is 10.1. The largest absolute Gasteiger partial charge is 0.497 e.